The summed E-state index contributed by atoms with van der Waals surface area (Å²) in [7, 11) is 0. The Balaban J connectivity index is 2.55. The summed E-state index contributed by atoms with van der Waals surface area (Å²) >= 11 is 0. The number of hydrogen-bond acceptors (Lipinski definition) is 0. The number of nitrogens with zero attached hydrogens (tertiary/aromatic N) is 1. The molecule has 76 valence electrons. The Morgan fingerprint density at radius 3 is 2.80 bits per heavy atom. The van der Waals surface area contributed by atoms with Crippen LogP contribution in [0.3, 0.4) is 0 Å². The molecule has 0 amide bonds. The van der Waals surface area contributed by atoms with Crippen molar-refractivity contribution in [2.24, 2.45) is 0 Å². The lowest BCUT2D eigenvalue weighted by Crippen LogP contribution is -1.89. The van der Waals surface area contributed by atoms with E-state index in [1.54, 1.807) is 0 Å². The molecule has 2 aromatic rings. The number of hydrogen-bond donors (Lipinski definition) is 1. The van der Waals surface area contributed by atoms with Crippen LogP contribution in [0.5, 0.6) is 0 Å². The van der Waals surface area contributed by atoms with Gasteiger partial charge >= 0.3 is 0 Å². The molecule has 0 aliphatic rings. The van der Waals surface area contributed by atoms with Gasteiger partial charge in [-0.1, -0.05) is 18.2 Å². The van der Waals surface area contributed by atoms with Gasteiger partial charge in [-0.3, -0.25) is 0 Å². The van der Waals surface area contributed by atoms with Crippen molar-refractivity contribution in [3.05, 3.63) is 46.4 Å². The summed E-state index contributed by atoms with van der Waals surface area (Å²) in [6.07, 6.45) is 0.823. The van der Waals surface area contributed by atoms with Crippen LogP contribution in [0.25, 0.3) is 15.7 Å². The Bertz CT molecular complexity index is 529. The summed E-state index contributed by atoms with van der Waals surface area (Å²) in [6, 6.07) is 6.32. The molecular formula is C13H14N2. The van der Waals surface area contributed by atoms with Gasteiger partial charge in [0, 0.05) is 16.6 Å². The summed E-state index contributed by atoms with van der Waals surface area (Å²) in [4.78, 5) is 6.82. The number of H-pyrrole nitrogens is 1. The van der Waals surface area contributed by atoms with E-state index in [1.165, 1.54) is 27.7 Å². The zero-order valence-electron chi connectivity index (χ0n) is 9.09. The monoisotopic (exact) mass is 198 g/mol. The van der Waals surface area contributed by atoms with E-state index in [9.17, 15) is 0 Å². The molecule has 0 saturated carbocycles. The van der Waals surface area contributed by atoms with E-state index in [-0.39, 0.29) is 0 Å². The van der Waals surface area contributed by atoms with Gasteiger partial charge < -0.3 is 9.83 Å². The maximum absolute atomic E-state index is 6.81. The lowest BCUT2D eigenvalue weighted by molar-refractivity contribution is 1.01. The maximum Gasteiger partial charge on any atom is 0.220 e. The Kier molecular flexibility index (Phi) is 2.47. The molecule has 0 atom stereocenters. The normalized spacial score (nSPS) is 10.5. The van der Waals surface area contributed by atoms with E-state index in [2.05, 4.69) is 41.9 Å². The van der Waals surface area contributed by atoms with Gasteiger partial charge in [0.2, 0.25) is 6.54 Å². The third-order valence-electron chi connectivity index (χ3n) is 2.88. The zero-order chi connectivity index (χ0) is 10.8. The number of benzene rings is 1. The standard InChI is InChI=1S/C13H14N2/c1-9-5-4-6-11-10(2)12(7-8-14-3)15-13(9)11/h4-6,15H,7-8H2,1-2H3. The summed E-state index contributed by atoms with van der Waals surface area (Å²) in [6.45, 7) is 11.6. The van der Waals surface area contributed by atoms with Gasteiger partial charge in [0.05, 0.1) is 6.42 Å². The minimum Gasteiger partial charge on any atom is -0.358 e. The predicted molar refractivity (Wildman–Crippen MR) is 62.9 cm³/mol. The number of aromatic nitrogens is 1. The van der Waals surface area contributed by atoms with Gasteiger partial charge in [-0.25, -0.2) is 6.57 Å². The van der Waals surface area contributed by atoms with E-state index in [0.717, 1.165) is 6.42 Å². The first-order valence-electron chi connectivity index (χ1n) is 5.14. The van der Waals surface area contributed by atoms with Crippen LogP contribution in [0.4, 0.5) is 0 Å². The predicted octanol–water partition coefficient (Wildman–Crippen LogP) is 3.25. The fourth-order valence-electron chi connectivity index (χ4n) is 1.97. The van der Waals surface area contributed by atoms with E-state index >= 15 is 0 Å². The zero-order valence-corrected chi connectivity index (χ0v) is 9.09. The third kappa shape index (κ3) is 1.61. The highest BCUT2D eigenvalue weighted by Crippen LogP contribution is 2.24. The van der Waals surface area contributed by atoms with Crippen LogP contribution in [0, 0.1) is 20.4 Å². The molecule has 0 radical (unpaired) electrons. The molecule has 0 aliphatic carbocycles. The molecule has 0 saturated heterocycles. The summed E-state index contributed by atoms with van der Waals surface area (Å²) < 4.78 is 0. The molecule has 1 aromatic carbocycles. The lowest BCUT2D eigenvalue weighted by atomic mass is 10.1. The first kappa shape index (κ1) is 9.79. The van der Waals surface area contributed by atoms with Crippen LogP contribution in [0.15, 0.2) is 18.2 Å². The Hall–Kier alpha value is -1.75. The molecule has 1 heterocycles. The molecular weight excluding hydrogens is 184 g/mol. The number of rotatable bonds is 2. The summed E-state index contributed by atoms with van der Waals surface area (Å²) in [5.41, 5.74) is 4.98. The summed E-state index contributed by atoms with van der Waals surface area (Å²) in [5.74, 6) is 0. The number of aryl methyl sites for hydroxylation is 2. The second-order valence-electron chi connectivity index (χ2n) is 3.86. The molecule has 15 heavy (non-hydrogen) atoms. The van der Waals surface area contributed by atoms with Crippen molar-refractivity contribution in [2.75, 3.05) is 6.54 Å². The van der Waals surface area contributed by atoms with Crippen molar-refractivity contribution in [3.63, 3.8) is 0 Å². The second-order valence-corrected chi connectivity index (χ2v) is 3.86. The average Bonchev–Trinajstić information content (AvgIpc) is 2.55. The smallest absolute Gasteiger partial charge is 0.220 e. The largest absolute Gasteiger partial charge is 0.358 e. The summed E-state index contributed by atoms with van der Waals surface area (Å²) in [5, 5.41) is 1.29. The Morgan fingerprint density at radius 2 is 2.13 bits per heavy atom. The van der Waals surface area contributed by atoms with Crippen molar-refractivity contribution in [1.82, 2.24) is 4.98 Å². The van der Waals surface area contributed by atoms with Crippen molar-refractivity contribution in [2.45, 2.75) is 20.3 Å². The Morgan fingerprint density at radius 1 is 1.33 bits per heavy atom. The van der Waals surface area contributed by atoms with Gasteiger partial charge in [-0.15, -0.1) is 0 Å². The molecule has 0 bridgehead atoms. The molecule has 0 spiro atoms. The molecule has 2 nitrogen and oxygen atoms in total. The van der Waals surface area contributed by atoms with Crippen LogP contribution in [0.1, 0.15) is 16.8 Å². The molecule has 0 aliphatic heterocycles. The molecule has 0 unspecified atom stereocenters. The van der Waals surface area contributed by atoms with E-state index in [4.69, 9.17) is 6.57 Å². The van der Waals surface area contributed by atoms with Gasteiger partial charge in [0.1, 0.15) is 0 Å². The quantitative estimate of drug-likeness (QED) is 0.715. The SMILES string of the molecule is [C-]#[N+]CCc1[nH]c2c(C)cccc2c1C. The van der Waals surface area contributed by atoms with Crippen molar-refractivity contribution < 1.29 is 0 Å². The van der Waals surface area contributed by atoms with Crippen molar-refractivity contribution >= 4 is 10.9 Å². The molecule has 2 heteroatoms. The van der Waals surface area contributed by atoms with Crippen LogP contribution < -0.4 is 0 Å². The molecule has 2 rings (SSSR count). The second kappa shape index (κ2) is 3.78. The molecule has 1 N–H and O–H groups in total. The number of aromatic amines is 1. The first-order valence-corrected chi connectivity index (χ1v) is 5.14. The Labute approximate surface area is 89.7 Å². The van der Waals surface area contributed by atoms with E-state index in [1.807, 2.05) is 0 Å². The lowest BCUT2D eigenvalue weighted by Gasteiger charge is -1.94. The fraction of sp³-hybridized carbons (Fsp3) is 0.308. The topological polar surface area (TPSA) is 20.1 Å². The molecule has 0 fully saturated rings. The first-order chi connectivity index (χ1) is 7.24. The van der Waals surface area contributed by atoms with Crippen molar-refractivity contribution in [1.29, 1.82) is 0 Å². The van der Waals surface area contributed by atoms with Gasteiger partial charge in [0.15, 0.2) is 0 Å². The maximum atomic E-state index is 6.81. The third-order valence-corrected chi connectivity index (χ3v) is 2.88. The van der Waals surface area contributed by atoms with E-state index < -0.39 is 0 Å². The highest BCUT2D eigenvalue weighted by Gasteiger charge is 2.08. The number of para-hydroxylation sites is 1. The molecule has 1 aromatic heterocycles. The van der Waals surface area contributed by atoms with Crippen LogP contribution in [-0.2, 0) is 6.42 Å². The average molecular weight is 198 g/mol. The van der Waals surface area contributed by atoms with Crippen molar-refractivity contribution in [3.8, 4) is 0 Å². The minimum atomic E-state index is 0.562. The van der Waals surface area contributed by atoms with Gasteiger partial charge in [-0.2, -0.15) is 0 Å². The highest BCUT2D eigenvalue weighted by atomic mass is 14.7. The van der Waals surface area contributed by atoms with Gasteiger partial charge in [0.25, 0.3) is 0 Å². The van der Waals surface area contributed by atoms with Crippen LogP contribution >= 0.6 is 0 Å². The van der Waals surface area contributed by atoms with Gasteiger partial charge in [-0.05, 0) is 25.0 Å². The van der Waals surface area contributed by atoms with E-state index in [0.29, 0.717) is 6.54 Å². The minimum absolute atomic E-state index is 0.562. The fourth-order valence-corrected chi connectivity index (χ4v) is 1.97. The number of nitrogens with one attached hydrogen (secondary N) is 1. The number of fused-ring (bicyclic) bond motifs is 1. The van der Waals surface area contributed by atoms with Crippen LogP contribution in [-0.4, -0.2) is 11.5 Å². The van der Waals surface area contributed by atoms with Crippen LogP contribution in [0.2, 0.25) is 0 Å². The highest BCUT2D eigenvalue weighted by molar-refractivity contribution is 5.86.